The fraction of sp³-hybridized carbons (Fsp3) is 0.0476. The van der Waals surface area contributed by atoms with Crippen LogP contribution in [0.5, 0.6) is 0 Å². The van der Waals surface area contributed by atoms with Gasteiger partial charge in [0.15, 0.2) is 5.13 Å². The van der Waals surface area contributed by atoms with Crippen LogP contribution in [0.25, 0.3) is 10.2 Å². The van der Waals surface area contributed by atoms with Gasteiger partial charge in [0.2, 0.25) is 5.91 Å². The van der Waals surface area contributed by atoms with Crippen molar-refractivity contribution in [1.82, 2.24) is 4.98 Å². The highest BCUT2D eigenvalue weighted by Gasteiger charge is 2.23. The van der Waals surface area contributed by atoms with Crippen molar-refractivity contribution < 1.29 is 4.79 Å². The number of nitrogens with one attached hydrogen (secondary N) is 1. The molecule has 6 heteroatoms. The lowest BCUT2D eigenvalue weighted by atomic mass is 10.1. The van der Waals surface area contributed by atoms with Gasteiger partial charge in [-0.1, -0.05) is 53.8 Å². The van der Waals surface area contributed by atoms with Crippen molar-refractivity contribution in [2.24, 2.45) is 0 Å². The van der Waals surface area contributed by atoms with Crippen LogP contribution in [0.3, 0.4) is 0 Å². The zero-order valence-electron chi connectivity index (χ0n) is 14.3. The lowest BCUT2D eigenvalue weighted by Gasteiger charge is -2.16. The van der Waals surface area contributed by atoms with Gasteiger partial charge < -0.3 is 11.1 Å². The number of anilines is 2. The second-order valence-corrected chi connectivity index (χ2v) is 8.16. The first kappa shape index (κ1) is 17.6. The van der Waals surface area contributed by atoms with Gasteiger partial charge in [0.1, 0.15) is 5.25 Å². The van der Waals surface area contributed by atoms with E-state index in [2.05, 4.69) is 10.3 Å². The number of nitrogens with zero attached hydrogens (tertiary/aromatic N) is 1. The summed E-state index contributed by atoms with van der Waals surface area (Å²) >= 11 is 2.97. The molecule has 4 rings (SSSR count). The largest absolute Gasteiger partial charge is 0.399 e. The van der Waals surface area contributed by atoms with Crippen LogP contribution in [0.2, 0.25) is 0 Å². The van der Waals surface area contributed by atoms with E-state index in [9.17, 15) is 4.79 Å². The summed E-state index contributed by atoms with van der Waals surface area (Å²) in [6, 6.07) is 25.2. The SMILES string of the molecule is Nc1ccc(SC(C(=O)Nc2nc3ccccc3s2)c2ccccc2)cc1. The Kier molecular flexibility index (Phi) is 5.09. The third-order valence-electron chi connectivity index (χ3n) is 4.00. The molecule has 0 radical (unpaired) electrons. The molecule has 0 saturated carbocycles. The molecule has 0 saturated heterocycles. The lowest BCUT2D eigenvalue weighted by molar-refractivity contribution is -0.115. The summed E-state index contributed by atoms with van der Waals surface area (Å²) in [7, 11) is 0. The maximum absolute atomic E-state index is 13.1. The first-order valence-electron chi connectivity index (χ1n) is 8.42. The number of carbonyl (C=O) groups is 1. The molecule has 134 valence electrons. The Morgan fingerprint density at radius 1 is 0.963 bits per heavy atom. The van der Waals surface area contributed by atoms with E-state index in [4.69, 9.17) is 5.73 Å². The first-order valence-corrected chi connectivity index (χ1v) is 10.1. The summed E-state index contributed by atoms with van der Waals surface area (Å²) in [6.45, 7) is 0. The number of benzene rings is 3. The highest BCUT2D eigenvalue weighted by molar-refractivity contribution is 8.00. The Morgan fingerprint density at radius 3 is 2.41 bits per heavy atom. The number of thiazole rings is 1. The second-order valence-electron chi connectivity index (χ2n) is 5.95. The molecule has 0 aliphatic carbocycles. The predicted molar refractivity (Wildman–Crippen MR) is 114 cm³/mol. The maximum Gasteiger partial charge on any atom is 0.244 e. The van der Waals surface area contributed by atoms with Gasteiger partial charge in [-0.15, -0.1) is 11.8 Å². The highest BCUT2D eigenvalue weighted by Crippen LogP contribution is 2.37. The molecule has 4 nitrogen and oxygen atoms in total. The van der Waals surface area contributed by atoms with Gasteiger partial charge in [-0.25, -0.2) is 4.98 Å². The molecule has 0 aliphatic rings. The van der Waals surface area contributed by atoms with E-state index in [1.807, 2.05) is 78.9 Å². The average molecular weight is 392 g/mol. The number of hydrogen-bond donors (Lipinski definition) is 2. The molecule has 3 aromatic carbocycles. The van der Waals surface area contributed by atoms with Crippen molar-refractivity contribution in [3.63, 3.8) is 0 Å². The molecule has 0 bridgehead atoms. The van der Waals surface area contributed by atoms with Gasteiger partial charge in [0.05, 0.1) is 10.2 Å². The van der Waals surface area contributed by atoms with Crippen LogP contribution in [0.1, 0.15) is 10.8 Å². The Labute approximate surface area is 165 Å². The number of para-hydroxylation sites is 1. The van der Waals surface area contributed by atoms with Gasteiger partial charge in [0.25, 0.3) is 0 Å². The van der Waals surface area contributed by atoms with E-state index in [0.717, 1.165) is 20.7 Å². The van der Waals surface area contributed by atoms with E-state index < -0.39 is 0 Å². The molecule has 1 atom stereocenters. The van der Waals surface area contributed by atoms with Crippen molar-refractivity contribution in [2.45, 2.75) is 10.1 Å². The number of nitrogen functional groups attached to an aromatic ring is 1. The van der Waals surface area contributed by atoms with Crippen molar-refractivity contribution in [3.8, 4) is 0 Å². The summed E-state index contributed by atoms with van der Waals surface area (Å²) in [5.41, 5.74) is 8.31. The Morgan fingerprint density at radius 2 is 1.67 bits per heavy atom. The summed E-state index contributed by atoms with van der Waals surface area (Å²) in [5.74, 6) is -0.0953. The van der Waals surface area contributed by atoms with Gasteiger partial charge in [-0.2, -0.15) is 0 Å². The number of hydrogen-bond acceptors (Lipinski definition) is 5. The van der Waals surface area contributed by atoms with Crippen LogP contribution in [-0.2, 0) is 4.79 Å². The third kappa shape index (κ3) is 4.13. The molecule has 1 unspecified atom stereocenters. The zero-order chi connectivity index (χ0) is 18.6. The smallest absolute Gasteiger partial charge is 0.244 e. The Bertz CT molecular complexity index is 1030. The number of carbonyl (C=O) groups excluding carboxylic acids is 1. The van der Waals surface area contributed by atoms with Crippen LogP contribution in [0.15, 0.2) is 83.8 Å². The summed E-state index contributed by atoms with van der Waals surface area (Å²) in [4.78, 5) is 18.6. The second kappa shape index (κ2) is 7.82. The third-order valence-corrected chi connectivity index (χ3v) is 6.22. The van der Waals surface area contributed by atoms with E-state index >= 15 is 0 Å². The quantitative estimate of drug-likeness (QED) is 0.355. The van der Waals surface area contributed by atoms with Gasteiger partial charge >= 0.3 is 0 Å². The van der Waals surface area contributed by atoms with Crippen LogP contribution >= 0.6 is 23.1 Å². The zero-order valence-corrected chi connectivity index (χ0v) is 16.0. The van der Waals surface area contributed by atoms with Crippen LogP contribution in [0.4, 0.5) is 10.8 Å². The first-order chi connectivity index (χ1) is 13.2. The molecule has 4 aromatic rings. The standard InChI is InChI=1S/C21H17N3OS2/c22-15-10-12-16(13-11-15)26-19(14-6-2-1-3-7-14)20(25)24-21-23-17-8-4-5-9-18(17)27-21/h1-13,19H,22H2,(H,23,24,25). The molecule has 1 amide bonds. The number of thioether (sulfide) groups is 1. The van der Waals surface area contributed by atoms with Crippen LogP contribution < -0.4 is 11.1 Å². The van der Waals surface area contributed by atoms with Crippen LogP contribution in [0, 0.1) is 0 Å². The topological polar surface area (TPSA) is 68.0 Å². The molecule has 3 N–H and O–H groups in total. The maximum atomic E-state index is 13.1. The minimum absolute atomic E-state index is 0.0953. The molecule has 1 aromatic heterocycles. The Hall–Kier alpha value is -2.83. The van der Waals surface area contributed by atoms with E-state index in [1.165, 1.54) is 23.1 Å². The molecule has 1 heterocycles. The molecule has 0 spiro atoms. The van der Waals surface area contributed by atoms with Crippen molar-refractivity contribution in [1.29, 1.82) is 0 Å². The number of aromatic nitrogens is 1. The molecule has 27 heavy (non-hydrogen) atoms. The van der Waals surface area contributed by atoms with E-state index in [1.54, 1.807) is 0 Å². The number of nitrogens with two attached hydrogens (primary N) is 1. The number of amides is 1. The predicted octanol–water partition coefficient (Wildman–Crippen LogP) is 5.35. The number of fused-ring (bicyclic) bond motifs is 1. The molecule has 0 aliphatic heterocycles. The highest BCUT2D eigenvalue weighted by atomic mass is 32.2. The van der Waals surface area contributed by atoms with E-state index in [-0.39, 0.29) is 11.2 Å². The van der Waals surface area contributed by atoms with Crippen molar-refractivity contribution in [3.05, 3.63) is 84.4 Å². The van der Waals surface area contributed by atoms with Crippen molar-refractivity contribution in [2.75, 3.05) is 11.1 Å². The fourth-order valence-corrected chi connectivity index (χ4v) is 4.57. The molecular formula is C21H17N3OS2. The monoisotopic (exact) mass is 391 g/mol. The van der Waals surface area contributed by atoms with Gasteiger partial charge in [-0.3, -0.25) is 4.79 Å². The number of rotatable bonds is 5. The normalized spacial score (nSPS) is 12.0. The lowest BCUT2D eigenvalue weighted by Crippen LogP contribution is -2.18. The minimum atomic E-state index is -0.387. The van der Waals surface area contributed by atoms with Gasteiger partial charge in [-0.05, 0) is 42.0 Å². The molecule has 0 fully saturated rings. The van der Waals surface area contributed by atoms with E-state index in [0.29, 0.717) is 10.8 Å². The summed E-state index contributed by atoms with van der Waals surface area (Å²) < 4.78 is 1.05. The fourth-order valence-electron chi connectivity index (χ4n) is 2.68. The van der Waals surface area contributed by atoms with Crippen LogP contribution in [-0.4, -0.2) is 10.9 Å². The summed E-state index contributed by atoms with van der Waals surface area (Å²) in [5, 5.41) is 3.21. The minimum Gasteiger partial charge on any atom is -0.399 e. The van der Waals surface area contributed by atoms with Gasteiger partial charge in [0, 0.05) is 10.6 Å². The summed E-state index contributed by atoms with van der Waals surface area (Å²) in [6.07, 6.45) is 0. The Balaban J connectivity index is 1.60. The van der Waals surface area contributed by atoms with Crippen molar-refractivity contribution >= 4 is 50.0 Å². The molecular weight excluding hydrogens is 374 g/mol. The average Bonchev–Trinajstić information content (AvgIpc) is 3.10.